The van der Waals surface area contributed by atoms with E-state index in [1.807, 2.05) is 24.3 Å². The predicted octanol–water partition coefficient (Wildman–Crippen LogP) is 5.16. The number of rotatable bonds is 7. The molecule has 0 unspecified atom stereocenters. The molecule has 1 amide bonds. The lowest BCUT2D eigenvalue weighted by Crippen LogP contribution is -2.15. The van der Waals surface area contributed by atoms with E-state index in [2.05, 4.69) is 15.4 Å². The molecule has 0 spiro atoms. The summed E-state index contributed by atoms with van der Waals surface area (Å²) in [5, 5.41) is 8.13. The molecule has 156 valence electrons. The number of amides is 1. The first-order valence-electron chi connectivity index (χ1n) is 9.84. The van der Waals surface area contributed by atoms with E-state index in [0.29, 0.717) is 23.0 Å². The van der Waals surface area contributed by atoms with Crippen molar-refractivity contribution >= 4 is 44.3 Å². The van der Waals surface area contributed by atoms with Crippen LogP contribution in [0.15, 0.2) is 70.3 Å². The molecule has 1 saturated carbocycles. The van der Waals surface area contributed by atoms with Crippen molar-refractivity contribution in [3.63, 3.8) is 0 Å². The summed E-state index contributed by atoms with van der Waals surface area (Å²) < 4.78 is 27.4. The van der Waals surface area contributed by atoms with Crippen molar-refractivity contribution in [1.29, 1.82) is 0 Å². The molecule has 2 aromatic carbocycles. The van der Waals surface area contributed by atoms with Crippen molar-refractivity contribution in [1.82, 2.24) is 0 Å². The Morgan fingerprint density at radius 1 is 0.900 bits per heavy atom. The van der Waals surface area contributed by atoms with Crippen LogP contribution in [0, 0.1) is 0 Å². The van der Waals surface area contributed by atoms with Crippen molar-refractivity contribution < 1.29 is 13.2 Å². The van der Waals surface area contributed by atoms with Gasteiger partial charge >= 0.3 is 0 Å². The van der Waals surface area contributed by atoms with E-state index in [9.17, 15) is 13.2 Å². The Bertz CT molecular complexity index is 1100. The maximum absolute atomic E-state index is 12.6. The fraction of sp³-hybridized carbons (Fsp3) is 0.227. The van der Waals surface area contributed by atoms with Gasteiger partial charge in [-0.05, 0) is 66.8 Å². The van der Waals surface area contributed by atoms with Gasteiger partial charge in [-0.25, -0.2) is 8.42 Å². The fourth-order valence-corrected chi connectivity index (χ4v) is 5.56. The highest BCUT2D eigenvalue weighted by atomic mass is 32.2. The van der Waals surface area contributed by atoms with Gasteiger partial charge in [0.25, 0.3) is 15.9 Å². The van der Waals surface area contributed by atoms with Gasteiger partial charge in [-0.15, -0.1) is 11.3 Å². The summed E-state index contributed by atoms with van der Waals surface area (Å²) in [4.78, 5) is 12.6. The second-order valence-corrected chi connectivity index (χ2v) is 10.1. The van der Waals surface area contributed by atoms with Crippen LogP contribution in [0.4, 0.5) is 17.1 Å². The Labute approximate surface area is 180 Å². The Hall–Kier alpha value is -2.84. The molecular weight excluding hydrogens is 418 g/mol. The molecule has 0 bridgehead atoms. The quantitative estimate of drug-likeness (QED) is 0.473. The van der Waals surface area contributed by atoms with Crippen molar-refractivity contribution in [2.45, 2.75) is 35.9 Å². The van der Waals surface area contributed by atoms with Crippen molar-refractivity contribution in [3.05, 3.63) is 71.6 Å². The standard InChI is InChI=1S/C22H23N3O3S2/c26-22(24-20-8-3-7-19(15-20)23-17-5-1-2-6-17)16-10-12-18(13-11-16)25-30(27,28)21-9-4-14-29-21/h3-4,7-15,17,23,25H,1-2,5-6H2,(H,24,26). The van der Waals surface area contributed by atoms with E-state index in [1.165, 1.54) is 25.7 Å². The molecule has 0 atom stereocenters. The maximum Gasteiger partial charge on any atom is 0.271 e. The summed E-state index contributed by atoms with van der Waals surface area (Å²) in [6.45, 7) is 0. The summed E-state index contributed by atoms with van der Waals surface area (Å²) in [6.07, 6.45) is 4.87. The van der Waals surface area contributed by atoms with Gasteiger partial charge in [0.05, 0.1) is 0 Å². The Kier molecular flexibility index (Phi) is 6.06. The van der Waals surface area contributed by atoms with Gasteiger partial charge in [-0.1, -0.05) is 25.0 Å². The number of anilines is 3. The first-order chi connectivity index (χ1) is 14.5. The molecule has 0 aliphatic heterocycles. The molecule has 1 heterocycles. The minimum Gasteiger partial charge on any atom is -0.382 e. The summed E-state index contributed by atoms with van der Waals surface area (Å²) in [6, 6.07) is 17.8. The number of carbonyl (C=O) groups excluding carboxylic acids is 1. The van der Waals surface area contributed by atoms with Gasteiger partial charge < -0.3 is 10.6 Å². The molecule has 3 aromatic rings. The Morgan fingerprint density at radius 2 is 1.63 bits per heavy atom. The Balaban J connectivity index is 1.39. The second kappa shape index (κ2) is 8.89. The van der Waals surface area contributed by atoms with Crippen molar-refractivity contribution in [3.8, 4) is 0 Å². The van der Waals surface area contributed by atoms with Crippen LogP contribution in [-0.4, -0.2) is 20.4 Å². The van der Waals surface area contributed by atoms with Crippen LogP contribution in [0.3, 0.4) is 0 Å². The lowest BCUT2D eigenvalue weighted by molar-refractivity contribution is 0.102. The summed E-state index contributed by atoms with van der Waals surface area (Å²) in [5.74, 6) is -0.249. The number of sulfonamides is 1. The van der Waals surface area contributed by atoms with E-state index in [0.717, 1.165) is 17.0 Å². The highest BCUT2D eigenvalue weighted by Crippen LogP contribution is 2.24. The molecule has 0 saturated heterocycles. The monoisotopic (exact) mass is 441 g/mol. The zero-order valence-electron chi connectivity index (χ0n) is 16.3. The average molecular weight is 442 g/mol. The lowest BCUT2D eigenvalue weighted by Gasteiger charge is -2.14. The summed E-state index contributed by atoms with van der Waals surface area (Å²) >= 11 is 1.15. The van der Waals surface area contributed by atoms with Crippen LogP contribution >= 0.6 is 11.3 Å². The third-order valence-corrected chi connectivity index (χ3v) is 7.78. The number of thiophene rings is 1. The van der Waals surface area contributed by atoms with Gasteiger partial charge in [0.15, 0.2) is 0 Å². The van der Waals surface area contributed by atoms with Gasteiger partial charge in [0.2, 0.25) is 0 Å². The minimum absolute atomic E-state index is 0.246. The molecule has 6 nitrogen and oxygen atoms in total. The number of hydrogen-bond donors (Lipinski definition) is 3. The third-order valence-electron chi connectivity index (χ3n) is 5.01. The zero-order valence-corrected chi connectivity index (χ0v) is 17.9. The highest BCUT2D eigenvalue weighted by Gasteiger charge is 2.16. The van der Waals surface area contributed by atoms with E-state index in [-0.39, 0.29) is 10.1 Å². The fourth-order valence-electron chi connectivity index (χ4n) is 3.51. The van der Waals surface area contributed by atoms with E-state index >= 15 is 0 Å². The van der Waals surface area contributed by atoms with Crippen LogP contribution in [0.5, 0.6) is 0 Å². The molecule has 1 aromatic heterocycles. The summed E-state index contributed by atoms with van der Waals surface area (Å²) in [5.41, 5.74) is 2.56. The predicted molar refractivity (Wildman–Crippen MR) is 122 cm³/mol. The minimum atomic E-state index is -3.61. The highest BCUT2D eigenvalue weighted by molar-refractivity contribution is 7.94. The van der Waals surface area contributed by atoms with Crippen LogP contribution in [0.25, 0.3) is 0 Å². The first-order valence-corrected chi connectivity index (χ1v) is 12.2. The number of nitrogens with one attached hydrogen (secondary N) is 3. The molecule has 1 aliphatic rings. The van der Waals surface area contributed by atoms with Crippen LogP contribution in [0.2, 0.25) is 0 Å². The number of benzene rings is 2. The van der Waals surface area contributed by atoms with Crippen LogP contribution < -0.4 is 15.4 Å². The molecule has 4 rings (SSSR count). The summed E-state index contributed by atoms with van der Waals surface area (Å²) in [7, 11) is -3.61. The molecule has 0 radical (unpaired) electrons. The van der Waals surface area contributed by atoms with E-state index in [1.54, 1.807) is 41.8 Å². The average Bonchev–Trinajstić information content (AvgIpc) is 3.43. The van der Waals surface area contributed by atoms with E-state index < -0.39 is 10.0 Å². The maximum atomic E-state index is 12.6. The van der Waals surface area contributed by atoms with Crippen molar-refractivity contribution in [2.75, 3.05) is 15.4 Å². The van der Waals surface area contributed by atoms with E-state index in [4.69, 9.17) is 0 Å². The first kappa shape index (κ1) is 20.4. The van der Waals surface area contributed by atoms with Crippen molar-refractivity contribution in [2.24, 2.45) is 0 Å². The molecule has 8 heteroatoms. The van der Waals surface area contributed by atoms with Gasteiger partial charge in [0.1, 0.15) is 4.21 Å². The lowest BCUT2D eigenvalue weighted by atomic mass is 10.2. The molecule has 1 aliphatic carbocycles. The molecule has 3 N–H and O–H groups in total. The second-order valence-electron chi connectivity index (χ2n) is 7.28. The molecule has 1 fully saturated rings. The van der Waals surface area contributed by atoms with Gasteiger partial charge in [-0.2, -0.15) is 0 Å². The number of carbonyl (C=O) groups is 1. The molecule has 30 heavy (non-hydrogen) atoms. The van der Waals surface area contributed by atoms with Gasteiger partial charge in [0, 0.05) is 28.7 Å². The molecular formula is C22H23N3O3S2. The SMILES string of the molecule is O=C(Nc1cccc(NC2CCCC2)c1)c1ccc(NS(=O)(=O)c2cccs2)cc1. The van der Waals surface area contributed by atoms with Crippen LogP contribution in [-0.2, 0) is 10.0 Å². The largest absolute Gasteiger partial charge is 0.382 e. The zero-order chi connectivity index (χ0) is 21.0. The third kappa shape index (κ3) is 5.01. The normalized spacial score (nSPS) is 14.4. The van der Waals surface area contributed by atoms with Gasteiger partial charge in [-0.3, -0.25) is 9.52 Å². The smallest absolute Gasteiger partial charge is 0.271 e. The Morgan fingerprint density at radius 3 is 2.33 bits per heavy atom. The van der Waals surface area contributed by atoms with Crippen LogP contribution in [0.1, 0.15) is 36.0 Å². The number of hydrogen-bond acceptors (Lipinski definition) is 5. The topological polar surface area (TPSA) is 87.3 Å².